The van der Waals surface area contributed by atoms with E-state index < -0.39 is 17.8 Å². The van der Waals surface area contributed by atoms with Crippen LogP contribution in [0.1, 0.15) is 12.5 Å². The Bertz CT molecular complexity index is 498. The van der Waals surface area contributed by atoms with Crippen molar-refractivity contribution in [1.29, 1.82) is 0 Å². The van der Waals surface area contributed by atoms with Crippen molar-refractivity contribution in [2.24, 2.45) is 5.92 Å². The van der Waals surface area contributed by atoms with Crippen LogP contribution < -0.4 is 14.8 Å². The number of carboxylic acid groups (broad SMARTS) is 1. The molecule has 6 nitrogen and oxygen atoms in total. The molecule has 0 spiro atoms. The molecule has 1 aromatic rings. The summed E-state index contributed by atoms with van der Waals surface area (Å²) in [6.07, 6.45) is 0. The molecule has 1 aromatic carbocycles. The zero-order valence-corrected chi connectivity index (χ0v) is 11.3. The van der Waals surface area contributed by atoms with Gasteiger partial charge in [-0.2, -0.15) is 0 Å². The van der Waals surface area contributed by atoms with Gasteiger partial charge in [0.1, 0.15) is 17.4 Å². The quantitative estimate of drug-likeness (QED) is 0.793. The van der Waals surface area contributed by atoms with Crippen molar-refractivity contribution in [3.63, 3.8) is 0 Å². The Labute approximate surface area is 111 Å². The van der Waals surface area contributed by atoms with E-state index in [4.69, 9.17) is 14.6 Å². The first-order valence-electron chi connectivity index (χ1n) is 5.67. The summed E-state index contributed by atoms with van der Waals surface area (Å²) >= 11 is 0. The highest BCUT2D eigenvalue weighted by molar-refractivity contribution is 6.04. The summed E-state index contributed by atoms with van der Waals surface area (Å²) in [5.74, 6) is -1.84. The second kappa shape index (κ2) is 6.08. The van der Waals surface area contributed by atoms with Gasteiger partial charge in [-0.1, -0.05) is 0 Å². The van der Waals surface area contributed by atoms with Crippen molar-refractivity contribution in [2.75, 3.05) is 19.5 Å². The van der Waals surface area contributed by atoms with Crippen LogP contribution in [-0.2, 0) is 9.59 Å². The van der Waals surface area contributed by atoms with E-state index in [2.05, 4.69) is 5.32 Å². The highest BCUT2D eigenvalue weighted by Crippen LogP contribution is 2.35. The van der Waals surface area contributed by atoms with Crippen molar-refractivity contribution < 1.29 is 24.2 Å². The highest BCUT2D eigenvalue weighted by atomic mass is 16.5. The Morgan fingerprint density at radius 3 is 2.37 bits per heavy atom. The molecule has 0 aromatic heterocycles. The predicted octanol–water partition coefficient (Wildman–Crippen LogP) is 1.67. The number of rotatable bonds is 5. The number of amides is 1. The average molecular weight is 267 g/mol. The number of hydrogen-bond acceptors (Lipinski definition) is 4. The lowest BCUT2D eigenvalue weighted by Crippen LogP contribution is -2.27. The van der Waals surface area contributed by atoms with Crippen LogP contribution in [0, 0.1) is 12.8 Å². The largest absolute Gasteiger partial charge is 0.496 e. The Morgan fingerprint density at radius 2 is 1.89 bits per heavy atom. The third kappa shape index (κ3) is 3.15. The van der Waals surface area contributed by atoms with E-state index in [1.807, 2.05) is 0 Å². The summed E-state index contributed by atoms with van der Waals surface area (Å²) in [4.78, 5) is 22.4. The summed E-state index contributed by atoms with van der Waals surface area (Å²) in [6.45, 7) is 3.11. The molecular formula is C13H17NO5. The fourth-order valence-electron chi connectivity index (χ4n) is 1.61. The second-order valence-electron chi connectivity index (χ2n) is 4.02. The van der Waals surface area contributed by atoms with E-state index in [1.54, 1.807) is 19.1 Å². The van der Waals surface area contributed by atoms with Crippen molar-refractivity contribution in [1.82, 2.24) is 0 Å². The van der Waals surface area contributed by atoms with Crippen LogP contribution in [0.15, 0.2) is 12.1 Å². The summed E-state index contributed by atoms with van der Waals surface area (Å²) in [5.41, 5.74) is 1.14. The number of anilines is 1. The lowest BCUT2D eigenvalue weighted by Gasteiger charge is -2.16. The van der Waals surface area contributed by atoms with Gasteiger partial charge in [0.05, 0.1) is 19.9 Å². The maximum absolute atomic E-state index is 11.7. The van der Waals surface area contributed by atoms with Gasteiger partial charge in [0.2, 0.25) is 5.91 Å². The zero-order chi connectivity index (χ0) is 14.6. The first-order valence-corrected chi connectivity index (χ1v) is 5.67. The van der Waals surface area contributed by atoms with Gasteiger partial charge >= 0.3 is 5.97 Å². The molecule has 0 aliphatic heterocycles. The topological polar surface area (TPSA) is 84.9 Å². The summed E-state index contributed by atoms with van der Waals surface area (Å²) in [7, 11) is 3.00. The molecule has 19 heavy (non-hydrogen) atoms. The van der Waals surface area contributed by atoms with E-state index in [0.29, 0.717) is 17.2 Å². The standard InChI is InChI=1S/C13H17NO5/c1-7-10(18-3)6-5-9(11(7)19-4)14-12(15)8(2)13(16)17/h5-6,8H,1-4H3,(H,14,15)(H,16,17). The highest BCUT2D eigenvalue weighted by Gasteiger charge is 2.22. The second-order valence-corrected chi connectivity index (χ2v) is 4.02. The number of methoxy groups -OCH3 is 2. The Kier molecular flexibility index (Phi) is 4.74. The normalized spacial score (nSPS) is 11.6. The average Bonchev–Trinajstić information content (AvgIpc) is 2.38. The molecule has 0 aliphatic rings. The number of carbonyl (C=O) groups is 2. The summed E-state index contributed by atoms with van der Waals surface area (Å²) < 4.78 is 10.4. The summed E-state index contributed by atoms with van der Waals surface area (Å²) in [5, 5.41) is 11.3. The van der Waals surface area contributed by atoms with Crippen molar-refractivity contribution in [3.8, 4) is 11.5 Å². The van der Waals surface area contributed by atoms with E-state index in [1.165, 1.54) is 21.1 Å². The number of carboxylic acids is 1. The molecule has 0 saturated heterocycles. The number of ether oxygens (including phenoxy) is 2. The molecule has 1 atom stereocenters. The summed E-state index contributed by atoms with van der Waals surface area (Å²) in [6, 6.07) is 3.29. The number of benzene rings is 1. The molecule has 2 N–H and O–H groups in total. The lowest BCUT2D eigenvalue weighted by molar-refractivity contribution is -0.144. The minimum absolute atomic E-state index is 0.416. The molecule has 0 fully saturated rings. The number of aliphatic carboxylic acids is 1. The van der Waals surface area contributed by atoms with Gasteiger partial charge in [0.25, 0.3) is 0 Å². The molecule has 1 amide bonds. The van der Waals surface area contributed by atoms with Crippen LogP contribution >= 0.6 is 0 Å². The van der Waals surface area contributed by atoms with Crippen molar-refractivity contribution in [3.05, 3.63) is 17.7 Å². The van der Waals surface area contributed by atoms with E-state index >= 15 is 0 Å². The van der Waals surface area contributed by atoms with Crippen LogP contribution in [0.2, 0.25) is 0 Å². The van der Waals surface area contributed by atoms with E-state index in [0.717, 1.165) is 5.56 Å². The van der Waals surface area contributed by atoms with E-state index in [-0.39, 0.29) is 0 Å². The first-order chi connectivity index (χ1) is 8.92. The molecule has 0 heterocycles. The number of hydrogen-bond donors (Lipinski definition) is 2. The molecule has 6 heteroatoms. The third-order valence-electron chi connectivity index (χ3n) is 2.80. The fraction of sp³-hybridized carbons (Fsp3) is 0.385. The predicted molar refractivity (Wildman–Crippen MR) is 69.7 cm³/mol. The maximum atomic E-state index is 11.7. The molecule has 0 aliphatic carbocycles. The maximum Gasteiger partial charge on any atom is 0.315 e. The molecule has 0 bridgehead atoms. The minimum atomic E-state index is -1.18. The molecule has 1 unspecified atom stereocenters. The van der Waals surface area contributed by atoms with Gasteiger partial charge in [0, 0.05) is 5.56 Å². The lowest BCUT2D eigenvalue weighted by atomic mass is 10.1. The number of nitrogens with one attached hydrogen (secondary N) is 1. The minimum Gasteiger partial charge on any atom is -0.496 e. The van der Waals surface area contributed by atoms with Crippen LogP contribution in [-0.4, -0.2) is 31.2 Å². The van der Waals surface area contributed by atoms with Crippen LogP contribution in [0.4, 0.5) is 5.69 Å². The van der Waals surface area contributed by atoms with Gasteiger partial charge in [-0.3, -0.25) is 9.59 Å². The smallest absolute Gasteiger partial charge is 0.315 e. The Morgan fingerprint density at radius 1 is 1.26 bits per heavy atom. The van der Waals surface area contributed by atoms with Gasteiger partial charge < -0.3 is 19.9 Å². The molecular weight excluding hydrogens is 250 g/mol. The molecule has 0 radical (unpaired) electrons. The Balaban J connectivity index is 3.05. The Hall–Kier alpha value is -2.24. The van der Waals surface area contributed by atoms with Gasteiger partial charge in [-0.15, -0.1) is 0 Å². The van der Waals surface area contributed by atoms with Crippen LogP contribution in [0.5, 0.6) is 11.5 Å². The van der Waals surface area contributed by atoms with Gasteiger partial charge in [-0.05, 0) is 26.0 Å². The molecule has 0 saturated carbocycles. The first kappa shape index (κ1) is 14.8. The van der Waals surface area contributed by atoms with Crippen LogP contribution in [0.3, 0.4) is 0 Å². The number of carbonyl (C=O) groups excluding carboxylic acids is 1. The van der Waals surface area contributed by atoms with Crippen molar-refractivity contribution >= 4 is 17.6 Å². The molecule has 1 rings (SSSR count). The van der Waals surface area contributed by atoms with Crippen LogP contribution in [0.25, 0.3) is 0 Å². The molecule has 104 valence electrons. The third-order valence-corrected chi connectivity index (χ3v) is 2.80. The SMILES string of the molecule is COc1ccc(NC(=O)C(C)C(=O)O)c(OC)c1C. The van der Waals surface area contributed by atoms with E-state index in [9.17, 15) is 9.59 Å². The zero-order valence-electron chi connectivity index (χ0n) is 11.3. The fourth-order valence-corrected chi connectivity index (χ4v) is 1.61. The van der Waals surface area contributed by atoms with Gasteiger partial charge in [0.15, 0.2) is 0 Å². The van der Waals surface area contributed by atoms with Crippen molar-refractivity contribution in [2.45, 2.75) is 13.8 Å². The monoisotopic (exact) mass is 267 g/mol. The van der Waals surface area contributed by atoms with Gasteiger partial charge in [-0.25, -0.2) is 0 Å².